The molecule has 302 valence electrons. The fraction of sp³-hybridized carbons (Fsp3) is 0.410. The number of hydrogen-bond donors (Lipinski definition) is 3. The van der Waals surface area contributed by atoms with Crippen molar-refractivity contribution >= 4 is 68.4 Å². The molecule has 4 amide bonds. The van der Waals surface area contributed by atoms with Crippen molar-refractivity contribution in [3.63, 3.8) is 0 Å². The van der Waals surface area contributed by atoms with Gasteiger partial charge in [-0.1, -0.05) is 85.9 Å². The lowest BCUT2D eigenvalue weighted by Gasteiger charge is -2.32. The number of halogens is 2. The van der Waals surface area contributed by atoms with Crippen LogP contribution in [0.5, 0.6) is 0 Å². The number of ether oxygens (including phenoxy) is 2. The van der Waals surface area contributed by atoms with Crippen molar-refractivity contribution in [1.29, 1.82) is 0 Å². The molecule has 56 heavy (non-hydrogen) atoms. The standard InChI is InChI=1S/C16H13ClN2O2.C12H22N2O4.C11H12ClNO3S/c1-19-13-8-7-11(17)9-12(13)14(18-15(20)16(19)21)10-5-3-2-4-6-10;1-3-6-12(2,7-17-10(13)15)8-18-11(16)14-9-4-5-9;1-13-10(14)6-7-17(15,16)11(13)8-2-4-9(12)5-3-8/h2-9,15,20H,1H3;9H,3-8H2,1-2H3,(H2,13,15)(H,14,16);2-5,11H,6-7H2,1H3. The Labute approximate surface area is 336 Å². The van der Waals surface area contributed by atoms with Gasteiger partial charge in [0.1, 0.15) is 13.2 Å². The van der Waals surface area contributed by atoms with Gasteiger partial charge in [-0.15, -0.1) is 0 Å². The topological polar surface area (TPSA) is 198 Å². The Hall–Kier alpha value is -4.70. The molecule has 1 saturated carbocycles. The first kappa shape index (κ1) is 44.0. The lowest BCUT2D eigenvalue weighted by molar-refractivity contribution is -0.131. The van der Waals surface area contributed by atoms with E-state index in [1.165, 1.54) is 16.8 Å². The molecule has 0 spiro atoms. The number of fused-ring (bicyclic) bond motifs is 1. The molecule has 3 unspecified atom stereocenters. The Bertz CT molecular complexity index is 2010. The second kappa shape index (κ2) is 19.4. The molecule has 3 atom stereocenters. The highest BCUT2D eigenvalue weighted by Crippen LogP contribution is 2.32. The highest BCUT2D eigenvalue weighted by atomic mass is 35.5. The highest BCUT2D eigenvalue weighted by Gasteiger charge is 2.38. The Kier molecular flexibility index (Phi) is 15.3. The molecule has 3 aliphatic rings. The minimum absolute atomic E-state index is 0.0585. The maximum absolute atomic E-state index is 12.1. The Morgan fingerprint density at radius 3 is 2.21 bits per heavy atom. The van der Waals surface area contributed by atoms with Crippen molar-refractivity contribution in [2.75, 3.05) is 38.0 Å². The van der Waals surface area contributed by atoms with Gasteiger partial charge in [0.2, 0.25) is 12.1 Å². The second-order valence-electron chi connectivity index (χ2n) is 14.0. The van der Waals surface area contributed by atoms with Gasteiger partial charge in [0.05, 0.1) is 17.2 Å². The number of benzene rings is 3. The molecule has 1 saturated heterocycles. The number of nitrogens with zero attached hydrogens (tertiary/aromatic N) is 3. The maximum atomic E-state index is 12.1. The number of benzodiazepines with no additional fused rings is 1. The quantitative estimate of drug-likeness (QED) is 0.236. The number of aliphatic imine (C=N–C) groups is 1. The van der Waals surface area contributed by atoms with E-state index in [9.17, 15) is 32.7 Å². The first-order chi connectivity index (χ1) is 26.4. The number of alkyl carbamates (subject to hydrolysis) is 1. The van der Waals surface area contributed by atoms with Gasteiger partial charge in [-0.3, -0.25) is 9.59 Å². The van der Waals surface area contributed by atoms with Crippen LogP contribution >= 0.6 is 23.2 Å². The van der Waals surface area contributed by atoms with E-state index in [0.29, 0.717) is 27.0 Å². The van der Waals surface area contributed by atoms with Crippen LogP contribution in [0.2, 0.25) is 10.0 Å². The van der Waals surface area contributed by atoms with Crippen LogP contribution in [0.1, 0.15) is 68.0 Å². The monoisotopic (exact) mass is 831 g/mol. The van der Waals surface area contributed by atoms with Crippen molar-refractivity contribution < 1.29 is 42.2 Å². The van der Waals surface area contributed by atoms with E-state index < -0.39 is 39.5 Å². The van der Waals surface area contributed by atoms with Gasteiger partial charge in [-0.05, 0) is 55.2 Å². The third kappa shape index (κ3) is 12.1. The number of aliphatic hydroxyl groups excluding tert-OH is 1. The molecule has 0 radical (unpaired) electrons. The van der Waals surface area contributed by atoms with Crippen LogP contribution in [0, 0.1) is 5.41 Å². The van der Waals surface area contributed by atoms with Crippen molar-refractivity contribution in [2.24, 2.45) is 16.1 Å². The number of hydrogen-bond acceptors (Lipinski definition) is 10. The van der Waals surface area contributed by atoms with Crippen molar-refractivity contribution in [2.45, 2.75) is 63.6 Å². The number of rotatable bonds is 9. The molecule has 4 N–H and O–H groups in total. The predicted molar refractivity (Wildman–Crippen MR) is 214 cm³/mol. The summed E-state index contributed by atoms with van der Waals surface area (Å²) in [4.78, 5) is 52.6. The molecule has 14 nitrogen and oxygen atoms in total. The fourth-order valence-corrected chi connectivity index (χ4v) is 8.17. The molecule has 17 heteroatoms. The lowest BCUT2D eigenvalue weighted by Crippen LogP contribution is -2.42. The van der Waals surface area contributed by atoms with Crippen LogP contribution in [0.4, 0.5) is 15.3 Å². The van der Waals surface area contributed by atoms with Gasteiger partial charge in [0.25, 0.3) is 5.91 Å². The van der Waals surface area contributed by atoms with Gasteiger partial charge in [-0.25, -0.2) is 23.0 Å². The fourth-order valence-electron chi connectivity index (χ4n) is 6.01. The molecule has 3 aromatic carbocycles. The number of anilines is 1. The summed E-state index contributed by atoms with van der Waals surface area (Å²) in [5, 5.41) is 12.9. The van der Waals surface area contributed by atoms with E-state index in [1.807, 2.05) is 44.2 Å². The molecule has 0 bridgehead atoms. The third-order valence-electron chi connectivity index (χ3n) is 9.13. The number of primary amides is 1. The molecule has 0 aromatic heterocycles. The van der Waals surface area contributed by atoms with Crippen LogP contribution in [0.25, 0.3) is 0 Å². The number of carbonyl (C=O) groups excluding carboxylic acids is 4. The van der Waals surface area contributed by atoms with Crippen LogP contribution in [0.15, 0.2) is 77.8 Å². The van der Waals surface area contributed by atoms with Crippen LogP contribution in [-0.2, 0) is 28.9 Å². The van der Waals surface area contributed by atoms with E-state index in [1.54, 1.807) is 49.5 Å². The molecule has 2 fully saturated rings. The Balaban J connectivity index is 0.000000188. The minimum Gasteiger partial charge on any atom is -0.449 e. The summed E-state index contributed by atoms with van der Waals surface area (Å²) in [6.45, 7) is 4.30. The lowest BCUT2D eigenvalue weighted by atomic mass is 9.87. The number of carbonyl (C=O) groups is 4. The van der Waals surface area contributed by atoms with E-state index >= 15 is 0 Å². The number of nitrogens with one attached hydrogen (secondary N) is 1. The van der Waals surface area contributed by atoms with Crippen molar-refractivity contribution in [1.82, 2.24) is 10.2 Å². The van der Waals surface area contributed by atoms with Gasteiger partial charge in [0.15, 0.2) is 15.2 Å². The third-order valence-corrected chi connectivity index (χ3v) is 11.7. The number of aliphatic hydroxyl groups is 1. The molecule has 2 aliphatic heterocycles. The second-order valence-corrected chi connectivity index (χ2v) is 17.0. The van der Waals surface area contributed by atoms with E-state index in [0.717, 1.165) is 36.8 Å². The van der Waals surface area contributed by atoms with Gasteiger partial charge in [-0.2, -0.15) is 0 Å². The summed E-state index contributed by atoms with van der Waals surface area (Å²) in [7, 11) is -0.184. The zero-order chi connectivity index (χ0) is 41.2. The minimum atomic E-state index is -3.31. The molecule has 6 rings (SSSR count). The van der Waals surface area contributed by atoms with Crippen molar-refractivity contribution in [3.05, 3.63) is 99.5 Å². The van der Waals surface area contributed by atoms with Gasteiger partial charge in [0, 0.05) is 53.1 Å². The number of likely N-dealkylation sites (N-methyl/N-ethyl adjacent to an activating group) is 1. The first-order valence-electron chi connectivity index (χ1n) is 17.9. The van der Waals surface area contributed by atoms with E-state index in [4.69, 9.17) is 38.4 Å². The number of sulfone groups is 1. The van der Waals surface area contributed by atoms with Crippen molar-refractivity contribution in [3.8, 4) is 0 Å². The predicted octanol–water partition coefficient (Wildman–Crippen LogP) is 5.86. The molecule has 3 aromatic rings. The summed E-state index contributed by atoms with van der Waals surface area (Å²) in [6, 6.07) is 21.4. The highest BCUT2D eigenvalue weighted by molar-refractivity contribution is 7.91. The van der Waals surface area contributed by atoms with Crippen LogP contribution in [-0.4, -0.2) is 93.5 Å². The molecular weight excluding hydrogens is 785 g/mol. The summed E-state index contributed by atoms with van der Waals surface area (Å²) < 4.78 is 34.0. The molecular formula is C39H47Cl2N5O9S. The summed E-state index contributed by atoms with van der Waals surface area (Å²) in [5.41, 5.74) is 7.90. The summed E-state index contributed by atoms with van der Waals surface area (Å²) in [6.07, 6.45) is 1.17. The molecule has 2 heterocycles. The zero-order valence-corrected chi connectivity index (χ0v) is 33.9. The smallest absolute Gasteiger partial charge is 0.407 e. The Morgan fingerprint density at radius 1 is 0.982 bits per heavy atom. The zero-order valence-electron chi connectivity index (χ0n) is 31.6. The van der Waals surface area contributed by atoms with E-state index in [-0.39, 0.29) is 42.8 Å². The van der Waals surface area contributed by atoms with Crippen LogP contribution < -0.4 is 16.0 Å². The number of amides is 4. The van der Waals surface area contributed by atoms with Gasteiger partial charge < -0.3 is 35.4 Å². The number of nitrogens with two attached hydrogens (primary N) is 1. The average Bonchev–Trinajstić information content (AvgIpc) is 3.99. The van der Waals surface area contributed by atoms with E-state index in [2.05, 4.69) is 10.3 Å². The summed E-state index contributed by atoms with van der Waals surface area (Å²) in [5.74, 6) is -0.715. The Morgan fingerprint density at radius 2 is 1.61 bits per heavy atom. The average molecular weight is 833 g/mol. The van der Waals surface area contributed by atoms with Gasteiger partial charge >= 0.3 is 12.2 Å². The SMILES string of the molecule is CCCC(C)(COC(N)=O)COC(=O)NC1CC1.CN1C(=O)C(O)N=C(c2ccccc2)c2cc(Cl)ccc21.CN1C(=O)CCS(=O)(=O)C1c1ccc(Cl)cc1. The molecule has 1 aliphatic carbocycles. The maximum Gasteiger partial charge on any atom is 0.407 e. The normalized spacial score (nSPS) is 19.7. The van der Waals surface area contributed by atoms with Crippen LogP contribution in [0.3, 0.4) is 0 Å². The first-order valence-corrected chi connectivity index (χ1v) is 20.4. The largest absolute Gasteiger partial charge is 0.449 e. The summed E-state index contributed by atoms with van der Waals surface area (Å²) >= 11 is 11.8.